The van der Waals surface area contributed by atoms with Gasteiger partial charge < -0.3 is 10.6 Å². The summed E-state index contributed by atoms with van der Waals surface area (Å²) in [6.45, 7) is 1.41. The number of fused-ring (bicyclic) bond motifs is 1. The highest BCUT2D eigenvalue weighted by molar-refractivity contribution is 7.76. The summed E-state index contributed by atoms with van der Waals surface area (Å²) in [5.74, 6) is 0.244. The second kappa shape index (κ2) is 4.44. The van der Waals surface area contributed by atoms with E-state index in [0.717, 1.165) is 5.69 Å². The van der Waals surface area contributed by atoms with E-state index < -0.39 is 11.3 Å². The molecule has 3 N–H and O–H groups in total. The maximum Gasteiger partial charge on any atom is 0.240 e. The van der Waals surface area contributed by atoms with E-state index in [2.05, 4.69) is 15.0 Å². The smallest absolute Gasteiger partial charge is 0.240 e. The Morgan fingerprint density at radius 2 is 2.26 bits per heavy atom. The summed E-state index contributed by atoms with van der Waals surface area (Å²) >= 11 is -1.92. The summed E-state index contributed by atoms with van der Waals surface area (Å²) < 4.78 is 23.0. The van der Waals surface area contributed by atoms with Crippen LogP contribution in [0.1, 0.15) is 0 Å². The monoisotopic (exact) mass is 282 g/mol. The second-order valence-corrected chi connectivity index (χ2v) is 5.53. The van der Waals surface area contributed by atoms with Gasteiger partial charge in [-0.05, 0) is 12.1 Å². The first-order valence-corrected chi connectivity index (χ1v) is 6.81. The summed E-state index contributed by atoms with van der Waals surface area (Å²) in [6.07, 6.45) is 1.85. The van der Waals surface area contributed by atoms with Crippen LogP contribution in [0.25, 0.3) is 5.65 Å². The van der Waals surface area contributed by atoms with Crippen molar-refractivity contribution in [3.05, 3.63) is 18.3 Å². The SMILES string of the molecule is CN(C1CN(c2ccc3nc(N)nn3c2)C1)S(=O)O. The van der Waals surface area contributed by atoms with Crippen LogP contribution in [0.5, 0.6) is 0 Å². The van der Waals surface area contributed by atoms with Gasteiger partial charge in [-0.25, -0.2) is 8.72 Å². The molecule has 19 heavy (non-hydrogen) atoms. The van der Waals surface area contributed by atoms with Crippen LogP contribution >= 0.6 is 0 Å². The van der Waals surface area contributed by atoms with Crippen molar-refractivity contribution in [1.29, 1.82) is 0 Å². The molecule has 102 valence electrons. The van der Waals surface area contributed by atoms with Gasteiger partial charge in [0.2, 0.25) is 17.2 Å². The molecule has 1 atom stereocenters. The molecule has 1 saturated heterocycles. The summed E-state index contributed by atoms with van der Waals surface area (Å²) in [7, 11) is 1.64. The lowest BCUT2D eigenvalue weighted by Crippen LogP contribution is -2.58. The summed E-state index contributed by atoms with van der Waals surface area (Å²) in [5.41, 5.74) is 7.23. The van der Waals surface area contributed by atoms with E-state index in [0.29, 0.717) is 18.7 Å². The first-order chi connectivity index (χ1) is 9.04. The fourth-order valence-corrected chi connectivity index (χ4v) is 2.49. The van der Waals surface area contributed by atoms with Gasteiger partial charge >= 0.3 is 0 Å². The van der Waals surface area contributed by atoms with Crippen LogP contribution in [0.15, 0.2) is 18.3 Å². The maximum atomic E-state index is 10.9. The number of hydrogen-bond donors (Lipinski definition) is 2. The number of pyridine rings is 1. The van der Waals surface area contributed by atoms with Crippen LogP contribution < -0.4 is 10.6 Å². The Morgan fingerprint density at radius 1 is 1.53 bits per heavy atom. The van der Waals surface area contributed by atoms with Crippen LogP contribution in [0, 0.1) is 0 Å². The van der Waals surface area contributed by atoms with Crippen molar-refractivity contribution in [2.75, 3.05) is 30.8 Å². The third-order valence-electron chi connectivity index (χ3n) is 3.32. The fraction of sp³-hybridized carbons (Fsp3) is 0.400. The van der Waals surface area contributed by atoms with E-state index in [9.17, 15) is 4.21 Å². The molecular formula is C10H14N6O2S. The highest BCUT2D eigenvalue weighted by Gasteiger charge is 2.32. The van der Waals surface area contributed by atoms with Gasteiger partial charge in [0.25, 0.3) is 0 Å². The minimum Gasteiger partial charge on any atom is -0.367 e. The van der Waals surface area contributed by atoms with Crippen LogP contribution in [0.4, 0.5) is 11.6 Å². The minimum atomic E-state index is -1.92. The van der Waals surface area contributed by atoms with Gasteiger partial charge in [0.15, 0.2) is 5.65 Å². The lowest BCUT2D eigenvalue weighted by Gasteiger charge is -2.43. The van der Waals surface area contributed by atoms with Crippen molar-refractivity contribution >= 4 is 28.5 Å². The first kappa shape index (κ1) is 12.3. The fourth-order valence-electron chi connectivity index (χ4n) is 2.10. The highest BCUT2D eigenvalue weighted by atomic mass is 32.2. The zero-order chi connectivity index (χ0) is 13.6. The Labute approximate surface area is 112 Å². The van der Waals surface area contributed by atoms with E-state index >= 15 is 0 Å². The van der Waals surface area contributed by atoms with Crippen molar-refractivity contribution in [2.45, 2.75) is 6.04 Å². The number of anilines is 2. The molecule has 0 radical (unpaired) electrons. The molecule has 0 saturated carbocycles. The van der Waals surface area contributed by atoms with E-state index in [1.807, 2.05) is 18.3 Å². The number of rotatable bonds is 3. The predicted molar refractivity (Wildman–Crippen MR) is 71.9 cm³/mol. The topological polar surface area (TPSA) is 100.0 Å². The Hall–Kier alpha value is -1.71. The Morgan fingerprint density at radius 3 is 2.95 bits per heavy atom. The van der Waals surface area contributed by atoms with Gasteiger partial charge in [-0.1, -0.05) is 0 Å². The molecule has 0 aromatic carbocycles. The molecule has 8 nitrogen and oxygen atoms in total. The van der Waals surface area contributed by atoms with E-state index in [1.165, 1.54) is 4.31 Å². The predicted octanol–water partition coefficient (Wildman–Crippen LogP) is -0.431. The zero-order valence-corrected chi connectivity index (χ0v) is 11.1. The van der Waals surface area contributed by atoms with Gasteiger partial charge in [-0.2, -0.15) is 9.29 Å². The number of aromatic nitrogens is 3. The molecule has 2 aromatic heterocycles. The van der Waals surface area contributed by atoms with Gasteiger partial charge in [0, 0.05) is 20.1 Å². The van der Waals surface area contributed by atoms with Gasteiger partial charge in [-0.3, -0.25) is 4.55 Å². The number of nitrogen functional groups attached to an aromatic ring is 1. The molecule has 1 aliphatic rings. The Kier molecular flexibility index (Phi) is 2.88. The van der Waals surface area contributed by atoms with E-state index in [4.69, 9.17) is 10.3 Å². The molecule has 0 amide bonds. The standard InChI is InChI=1S/C10H14N6O2S/c1-14(19(17)18)8-4-15(5-8)7-2-3-9-12-10(11)13-16(9)6-7/h2-3,6,8H,4-5H2,1H3,(H2,11,13)(H,17,18). The molecule has 2 aromatic rings. The van der Waals surface area contributed by atoms with Crippen LogP contribution in [-0.4, -0.2) is 53.8 Å². The minimum absolute atomic E-state index is 0.0855. The van der Waals surface area contributed by atoms with Crippen LogP contribution in [0.3, 0.4) is 0 Å². The Bertz CT molecular complexity index is 638. The average Bonchev–Trinajstić information content (AvgIpc) is 2.66. The normalized spacial score (nSPS) is 17.9. The number of nitrogens with zero attached hydrogens (tertiary/aromatic N) is 5. The summed E-state index contributed by atoms with van der Waals surface area (Å²) in [4.78, 5) is 6.16. The first-order valence-electron chi connectivity index (χ1n) is 5.75. The molecule has 0 aliphatic carbocycles. The third kappa shape index (κ3) is 2.15. The van der Waals surface area contributed by atoms with Gasteiger partial charge in [0.05, 0.1) is 17.9 Å². The Balaban J connectivity index is 1.74. The molecule has 0 spiro atoms. The second-order valence-electron chi connectivity index (χ2n) is 4.50. The van der Waals surface area contributed by atoms with E-state index in [1.54, 1.807) is 11.6 Å². The van der Waals surface area contributed by atoms with Crippen molar-refractivity contribution in [3.8, 4) is 0 Å². The molecule has 1 unspecified atom stereocenters. The molecular weight excluding hydrogens is 268 g/mol. The summed E-state index contributed by atoms with van der Waals surface area (Å²) in [5, 5.41) is 4.05. The zero-order valence-electron chi connectivity index (χ0n) is 10.3. The molecule has 3 heterocycles. The molecule has 3 rings (SSSR count). The van der Waals surface area contributed by atoms with Crippen molar-refractivity contribution < 1.29 is 8.76 Å². The third-order valence-corrected chi connectivity index (χ3v) is 4.11. The number of nitrogens with two attached hydrogens (primary N) is 1. The molecule has 1 aliphatic heterocycles. The van der Waals surface area contributed by atoms with Crippen molar-refractivity contribution in [1.82, 2.24) is 18.9 Å². The van der Waals surface area contributed by atoms with Crippen molar-refractivity contribution in [2.24, 2.45) is 0 Å². The molecule has 1 fully saturated rings. The van der Waals surface area contributed by atoms with Crippen LogP contribution in [-0.2, 0) is 11.3 Å². The largest absolute Gasteiger partial charge is 0.367 e. The lowest BCUT2D eigenvalue weighted by molar-refractivity contribution is 0.305. The van der Waals surface area contributed by atoms with Gasteiger partial charge in [0.1, 0.15) is 0 Å². The highest BCUT2D eigenvalue weighted by Crippen LogP contribution is 2.23. The lowest BCUT2D eigenvalue weighted by atomic mass is 10.1. The number of likely N-dealkylation sites (N-methyl/N-ethyl adjacent to an activating group) is 1. The van der Waals surface area contributed by atoms with E-state index in [-0.39, 0.29) is 12.0 Å². The van der Waals surface area contributed by atoms with Gasteiger partial charge in [-0.15, -0.1) is 5.10 Å². The molecule has 0 bridgehead atoms. The average molecular weight is 282 g/mol. The maximum absolute atomic E-state index is 10.9. The van der Waals surface area contributed by atoms with Crippen molar-refractivity contribution in [3.63, 3.8) is 0 Å². The molecule has 9 heteroatoms. The van der Waals surface area contributed by atoms with Crippen LogP contribution in [0.2, 0.25) is 0 Å². The summed E-state index contributed by atoms with van der Waals surface area (Å²) in [6, 6.07) is 3.87. The quantitative estimate of drug-likeness (QED) is 0.741. The number of hydrogen-bond acceptors (Lipinski definition) is 5.